The van der Waals surface area contributed by atoms with Gasteiger partial charge in [0.25, 0.3) is 5.91 Å². The summed E-state index contributed by atoms with van der Waals surface area (Å²) < 4.78 is 0. The minimum absolute atomic E-state index is 0.0304. The Morgan fingerprint density at radius 3 is 3.06 bits per heavy atom. The zero-order valence-electron chi connectivity index (χ0n) is 11.0. The van der Waals surface area contributed by atoms with Gasteiger partial charge in [0.15, 0.2) is 0 Å². The molecule has 1 atom stereocenters. The summed E-state index contributed by atoms with van der Waals surface area (Å²) in [7, 11) is 0. The van der Waals surface area contributed by atoms with Crippen LogP contribution in [0.4, 0.5) is 0 Å². The number of nitrogens with one attached hydrogen (secondary N) is 1. The van der Waals surface area contributed by atoms with Gasteiger partial charge in [0.2, 0.25) is 0 Å². The van der Waals surface area contributed by atoms with E-state index in [1.807, 2.05) is 6.07 Å². The van der Waals surface area contributed by atoms with Gasteiger partial charge in [-0.1, -0.05) is 13.8 Å². The van der Waals surface area contributed by atoms with E-state index in [0.717, 1.165) is 25.1 Å². The molecular formula is C13H21N3O2. The molecule has 0 bridgehead atoms. The molecule has 2 rings (SSSR count). The Hall–Kier alpha value is -1.36. The molecule has 2 heterocycles. The summed E-state index contributed by atoms with van der Waals surface area (Å²) >= 11 is 0. The second kappa shape index (κ2) is 5.52. The number of amides is 1. The highest BCUT2D eigenvalue weighted by Gasteiger charge is 2.27. The van der Waals surface area contributed by atoms with E-state index in [2.05, 4.69) is 24.0 Å². The second-order valence-electron chi connectivity index (χ2n) is 5.46. The summed E-state index contributed by atoms with van der Waals surface area (Å²) in [6.07, 6.45) is 1.78. The van der Waals surface area contributed by atoms with Crippen LogP contribution in [-0.2, 0) is 6.42 Å². The molecule has 1 amide bonds. The maximum Gasteiger partial charge on any atom is 0.274 e. The predicted molar refractivity (Wildman–Crippen MR) is 68.2 cm³/mol. The quantitative estimate of drug-likeness (QED) is 0.840. The molecule has 0 aliphatic carbocycles. The van der Waals surface area contributed by atoms with Crippen LogP contribution in [0.3, 0.4) is 0 Å². The van der Waals surface area contributed by atoms with Crippen molar-refractivity contribution in [1.82, 2.24) is 15.1 Å². The van der Waals surface area contributed by atoms with E-state index >= 15 is 0 Å². The summed E-state index contributed by atoms with van der Waals surface area (Å²) in [5.41, 5.74) is 1.50. The Morgan fingerprint density at radius 1 is 1.67 bits per heavy atom. The Morgan fingerprint density at radius 2 is 2.44 bits per heavy atom. The first kappa shape index (κ1) is 13.1. The van der Waals surface area contributed by atoms with Crippen LogP contribution in [0.25, 0.3) is 0 Å². The van der Waals surface area contributed by atoms with Crippen molar-refractivity contribution in [3.63, 3.8) is 0 Å². The third-order valence-electron chi connectivity index (χ3n) is 3.31. The van der Waals surface area contributed by atoms with Crippen LogP contribution in [0.2, 0.25) is 0 Å². The first-order valence-corrected chi connectivity index (χ1v) is 6.54. The fraction of sp³-hybridized carbons (Fsp3) is 0.692. The molecule has 1 aromatic heterocycles. The number of carbonyl (C=O) groups excluding carboxylic acids is 1. The predicted octanol–water partition coefficient (Wildman–Crippen LogP) is 1.06. The Balaban J connectivity index is 1.99. The van der Waals surface area contributed by atoms with Gasteiger partial charge in [-0.3, -0.25) is 9.89 Å². The molecule has 0 radical (unpaired) electrons. The van der Waals surface area contributed by atoms with Crippen molar-refractivity contribution in [2.24, 2.45) is 11.8 Å². The van der Waals surface area contributed by atoms with Crippen molar-refractivity contribution < 1.29 is 9.90 Å². The van der Waals surface area contributed by atoms with Crippen LogP contribution in [0, 0.1) is 11.8 Å². The van der Waals surface area contributed by atoms with Gasteiger partial charge < -0.3 is 10.0 Å². The highest BCUT2D eigenvalue weighted by molar-refractivity contribution is 5.92. The summed E-state index contributed by atoms with van der Waals surface area (Å²) in [6.45, 7) is 5.78. The fourth-order valence-electron chi connectivity index (χ4n) is 2.34. The third-order valence-corrected chi connectivity index (χ3v) is 3.31. The number of carbonyl (C=O) groups is 1. The van der Waals surface area contributed by atoms with Crippen molar-refractivity contribution in [3.05, 3.63) is 17.5 Å². The van der Waals surface area contributed by atoms with Crippen molar-refractivity contribution in [2.45, 2.75) is 26.7 Å². The maximum atomic E-state index is 12.2. The normalized spacial score (nSPS) is 19.8. The lowest BCUT2D eigenvalue weighted by Gasteiger charge is -2.14. The van der Waals surface area contributed by atoms with Crippen LogP contribution < -0.4 is 0 Å². The van der Waals surface area contributed by atoms with Gasteiger partial charge in [0.05, 0.1) is 0 Å². The first-order chi connectivity index (χ1) is 8.60. The zero-order chi connectivity index (χ0) is 13.1. The molecule has 18 heavy (non-hydrogen) atoms. The van der Waals surface area contributed by atoms with Crippen LogP contribution in [0.5, 0.6) is 0 Å². The molecule has 1 aliphatic rings. The molecule has 5 heteroatoms. The lowest BCUT2D eigenvalue weighted by atomic mass is 10.1. The average molecular weight is 251 g/mol. The Labute approximate surface area is 107 Å². The summed E-state index contributed by atoms with van der Waals surface area (Å²) in [5, 5.41) is 16.1. The highest BCUT2D eigenvalue weighted by atomic mass is 16.3. The number of aromatic amines is 1. The lowest BCUT2D eigenvalue weighted by molar-refractivity contribution is 0.0776. The summed E-state index contributed by atoms with van der Waals surface area (Å²) in [4.78, 5) is 13.9. The van der Waals surface area contributed by atoms with Gasteiger partial charge >= 0.3 is 0 Å². The van der Waals surface area contributed by atoms with E-state index in [0.29, 0.717) is 18.2 Å². The molecule has 100 valence electrons. The van der Waals surface area contributed by atoms with Crippen LogP contribution in [0.1, 0.15) is 36.5 Å². The van der Waals surface area contributed by atoms with Crippen LogP contribution in [0.15, 0.2) is 6.07 Å². The van der Waals surface area contributed by atoms with Gasteiger partial charge in [-0.05, 0) is 24.8 Å². The van der Waals surface area contributed by atoms with Gasteiger partial charge in [-0.25, -0.2) is 0 Å². The van der Waals surface area contributed by atoms with Gasteiger partial charge in [-0.2, -0.15) is 5.10 Å². The lowest BCUT2D eigenvalue weighted by Crippen LogP contribution is -2.29. The SMILES string of the molecule is CC(C)Cc1cc(C(=O)N2CCC(CO)C2)n[nH]1. The molecule has 5 nitrogen and oxygen atoms in total. The molecule has 2 N–H and O–H groups in total. The van der Waals surface area contributed by atoms with Crippen molar-refractivity contribution >= 4 is 5.91 Å². The Kier molecular flexibility index (Phi) is 4.01. The standard InChI is InChI=1S/C13H21N3O2/c1-9(2)5-11-6-12(15-14-11)13(18)16-4-3-10(7-16)8-17/h6,9-10,17H,3-5,7-8H2,1-2H3,(H,14,15). The van der Waals surface area contributed by atoms with Gasteiger partial charge in [0, 0.05) is 31.3 Å². The van der Waals surface area contributed by atoms with Crippen molar-refractivity contribution in [3.8, 4) is 0 Å². The number of nitrogens with zero attached hydrogens (tertiary/aromatic N) is 2. The molecule has 1 unspecified atom stereocenters. The number of rotatable bonds is 4. The highest BCUT2D eigenvalue weighted by Crippen LogP contribution is 2.18. The topological polar surface area (TPSA) is 69.2 Å². The number of likely N-dealkylation sites (tertiary alicyclic amines) is 1. The monoisotopic (exact) mass is 251 g/mol. The fourth-order valence-corrected chi connectivity index (χ4v) is 2.34. The zero-order valence-corrected chi connectivity index (χ0v) is 11.0. The smallest absolute Gasteiger partial charge is 0.274 e. The van der Waals surface area contributed by atoms with Gasteiger partial charge in [0.1, 0.15) is 5.69 Å². The number of aliphatic hydroxyl groups is 1. The molecule has 0 spiro atoms. The number of H-pyrrole nitrogens is 1. The third kappa shape index (κ3) is 2.90. The number of hydrogen-bond acceptors (Lipinski definition) is 3. The summed E-state index contributed by atoms with van der Waals surface area (Å²) in [5.74, 6) is 0.735. The molecule has 0 saturated carbocycles. The second-order valence-corrected chi connectivity index (χ2v) is 5.46. The molecule has 1 saturated heterocycles. The first-order valence-electron chi connectivity index (χ1n) is 6.54. The minimum Gasteiger partial charge on any atom is -0.396 e. The summed E-state index contributed by atoms with van der Waals surface area (Å²) in [6, 6.07) is 1.84. The van der Waals surface area contributed by atoms with E-state index < -0.39 is 0 Å². The van der Waals surface area contributed by atoms with Crippen molar-refractivity contribution in [1.29, 1.82) is 0 Å². The van der Waals surface area contributed by atoms with E-state index in [-0.39, 0.29) is 18.4 Å². The number of hydrogen-bond donors (Lipinski definition) is 2. The van der Waals surface area contributed by atoms with E-state index in [1.165, 1.54) is 0 Å². The van der Waals surface area contributed by atoms with E-state index in [4.69, 9.17) is 5.11 Å². The van der Waals surface area contributed by atoms with Crippen LogP contribution in [-0.4, -0.2) is 45.8 Å². The maximum absolute atomic E-state index is 12.2. The number of aliphatic hydroxyl groups excluding tert-OH is 1. The van der Waals surface area contributed by atoms with E-state index in [1.54, 1.807) is 4.90 Å². The largest absolute Gasteiger partial charge is 0.396 e. The molecule has 0 aromatic carbocycles. The molecular weight excluding hydrogens is 230 g/mol. The average Bonchev–Trinajstić information content (AvgIpc) is 2.95. The number of aromatic nitrogens is 2. The molecule has 1 aliphatic heterocycles. The minimum atomic E-state index is -0.0304. The Bertz CT molecular complexity index is 414. The van der Waals surface area contributed by atoms with Gasteiger partial charge in [-0.15, -0.1) is 0 Å². The molecule has 1 fully saturated rings. The molecule has 1 aromatic rings. The van der Waals surface area contributed by atoms with Crippen LogP contribution >= 0.6 is 0 Å². The van der Waals surface area contributed by atoms with E-state index in [9.17, 15) is 4.79 Å². The van der Waals surface area contributed by atoms with Crippen molar-refractivity contribution in [2.75, 3.05) is 19.7 Å².